The van der Waals surface area contributed by atoms with Gasteiger partial charge in [-0.1, -0.05) is 18.2 Å². The SMILES string of the molecule is COc1cccc(CNC2CCCc3cc(C#N)ccc32)c1F. The number of fused-ring (bicyclic) bond motifs is 1. The highest BCUT2D eigenvalue weighted by Gasteiger charge is 2.20. The molecule has 0 bridgehead atoms. The average Bonchev–Trinajstić information content (AvgIpc) is 2.60. The van der Waals surface area contributed by atoms with Crippen molar-refractivity contribution in [2.45, 2.75) is 31.8 Å². The van der Waals surface area contributed by atoms with E-state index in [1.54, 1.807) is 18.2 Å². The zero-order valence-electron chi connectivity index (χ0n) is 13.1. The number of hydrogen-bond donors (Lipinski definition) is 1. The third-order valence-corrected chi connectivity index (χ3v) is 4.39. The Balaban J connectivity index is 1.77. The first-order valence-corrected chi connectivity index (χ1v) is 7.80. The zero-order chi connectivity index (χ0) is 16.2. The van der Waals surface area contributed by atoms with Gasteiger partial charge in [0.1, 0.15) is 0 Å². The second-order valence-corrected chi connectivity index (χ2v) is 5.78. The highest BCUT2D eigenvalue weighted by Crippen LogP contribution is 2.31. The average molecular weight is 310 g/mol. The van der Waals surface area contributed by atoms with Crippen molar-refractivity contribution in [3.63, 3.8) is 0 Å². The summed E-state index contributed by atoms with van der Waals surface area (Å²) >= 11 is 0. The molecule has 0 spiro atoms. The summed E-state index contributed by atoms with van der Waals surface area (Å²) in [5.74, 6) is -0.0367. The lowest BCUT2D eigenvalue weighted by atomic mass is 9.86. The maximum Gasteiger partial charge on any atom is 0.169 e. The minimum atomic E-state index is -0.307. The van der Waals surface area contributed by atoms with E-state index in [1.165, 1.54) is 18.2 Å². The summed E-state index contributed by atoms with van der Waals surface area (Å²) in [5, 5.41) is 12.5. The van der Waals surface area contributed by atoms with Gasteiger partial charge in [0.15, 0.2) is 11.6 Å². The van der Waals surface area contributed by atoms with Gasteiger partial charge in [0.05, 0.1) is 18.7 Å². The molecule has 1 unspecified atom stereocenters. The number of halogens is 1. The van der Waals surface area contributed by atoms with Crippen LogP contribution in [0, 0.1) is 17.1 Å². The van der Waals surface area contributed by atoms with Crippen molar-refractivity contribution >= 4 is 0 Å². The van der Waals surface area contributed by atoms with Crippen molar-refractivity contribution in [2.75, 3.05) is 7.11 Å². The van der Waals surface area contributed by atoms with E-state index in [-0.39, 0.29) is 17.6 Å². The van der Waals surface area contributed by atoms with E-state index in [0.29, 0.717) is 17.7 Å². The number of aryl methyl sites for hydroxylation is 1. The van der Waals surface area contributed by atoms with Gasteiger partial charge in [-0.15, -0.1) is 0 Å². The van der Waals surface area contributed by atoms with Crippen LogP contribution in [0.15, 0.2) is 36.4 Å². The maximum atomic E-state index is 14.2. The monoisotopic (exact) mass is 310 g/mol. The minimum Gasteiger partial charge on any atom is -0.494 e. The topological polar surface area (TPSA) is 45.0 Å². The number of nitrogens with zero attached hydrogens (tertiary/aromatic N) is 1. The van der Waals surface area contributed by atoms with E-state index in [0.717, 1.165) is 19.3 Å². The first-order valence-electron chi connectivity index (χ1n) is 7.80. The van der Waals surface area contributed by atoms with Crippen molar-refractivity contribution in [1.29, 1.82) is 5.26 Å². The second kappa shape index (κ2) is 6.80. The Labute approximate surface area is 135 Å². The standard InChI is InChI=1S/C19H19FN2O/c1-23-18-7-3-5-15(19(18)20)12-22-17-6-2-4-14-10-13(11-21)8-9-16(14)17/h3,5,7-10,17,22H,2,4,6,12H2,1H3. The molecule has 0 heterocycles. The van der Waals surface area contributed by atoms with Gasteiger partial charge in [-0.2, -0.15) is 5.26 Å². The molecule has 0 aromatic heterocycles. The van der Waals surface area contributed by atoms with Crippen LogP contribution in [0.25, 0.3) is 0 Å². The van der Waals surface area contributed by atoms with E-state index >= 15 is 0 Å². The molecule has 2 aromatic carbocycles. The van der Waals surface area contributed by atoms with Crippen molar-refractivity contribution in [1.82, 2.24) is 5.32 Å². The Kier molecular flexibility index (Phi) is 4.59. The molecule has 1 aliphatic rings. The Hall–Kier alpha value is -2.38. The quantitative estimate of drug-likeness (QED) is 0.932. The summed E-state index contributed by atoms with van der Waals surface area (Å²) in [4.78, 5) is 0. The number of nitrogens with one attached hydrogen (secondary N) is 1. The molecule has 0 saturated carbocycles. The molecule has 1 atom stereocenters. The molecule has 0 amide bonds. The molecule has 3 rings (SSSR count). The molecule has 0 saturated heterocycles. The molecule has 4 heteroatoms. The van der Waals surface area contributed by atoms with Crippen LogP contribution in [-0.4, -0.2) is 7.11 Å². The summed E-state index contributed by atoms with van der Waals surface area (Å²) in [5.41, 5.74) is 3.74. The lowest BCUT2D eigenvalue weighted by molar-refractivity contribution is 0.381. The van der Waals surface area contributed by atoms with Gasteiger partial charge >= 0.3 is 0 Å². The fraction of sp³-hybridized carbons (Fsp3) is 0.316. The van der Waals surface area contributed by atoms with Crippen LogP contribution in [0.1, 0.15) is 41.1 Å². The van der Waals surface area contributed by atoms with Crippen LogP contribution in [-0.2, 0) is 13.0 Å². The van der Waals surface area contributed by atoms with E-state index in [9.17, 15) is 4.39 Å². The van der Waals surface area contributed by atoms with Gasteiger partial charge in [0.25, 0.3) is 0 Å². The molecule has 118 valence electrons. The van der Waals surface area contributed by atoms with Gasteiger partial charge in [-0.25, -0.2) is 4.39 Å². The molecule has 1 N–H and O–H groups in total. The molecular formula is C19H19FN2O. The van der Waals surface area contributed by atoms with Gasteiger partial charge in [0, 0.05) is 18.2 Å². The number of methoxy groups -OCH3 is 1. The van der Waals surface area contributed by atoms with Crippen LogP contribution >= 0.6 is 0 Å². The zero-order valence-corrected chi connectivity index (χ0v) is 13.1. The van der Waals surface area contributed by atoms with E-state index in [4.69, 9.17) is 10.00 Å². The largest absolute Gasteiger partial charge is 0.494 e. The van der Waals surface area contributed by atoms with Crippen LogP contribution < -0.4 is 10.1 Å². The predicted octanol–water partition coefficient (Wildman–Crippen LogP) is 3.87. The Morgan fingerprint density at radius 2 is 2.22 bits per heavy atom. The van der Waals surface area contributed by atoms with Crippen molar-refractivity contribution in [3.8, 4) is 11.8 Å². The summed E-state index contributed by atoms with van der Waals surface area (Å²) in [6.45, 7) is 0.452. The molecule has 1 aliphatic carbocycles. The first-order chi connectivity index (χ1) is 11.2. The lowest BCUT2D eigenvalue weighted by Gasteiger charge is -2.27. The summed E-state index contributed by atoms with van der Waals surface area (Å²) < 4.78 is 19.2. The molecular weight excluding hydrogens is 291 g/mol. The number of ether oxygens (including phenoxy) is 1. The molecule has 2 aromatic rings. The normalized spacial score (nSPS) is 16.5. The van der Waals surface area contributed by atoms with Gasteiger partial charge in [0.2, 0.25) is 0 Å². The first kappa shape index (κ1) is 15.5. The summed E-state index contributed by atoms with van der Waals surface area (Å²) in [6.07, 6.45) is 3.08. The summed E-state index contributed by atoms with van der Waals surface area (Å²) in [6, 6.07) is 13.4. The molecule has 3 nitrogen and oxygen atoms in total. The van der Waals surface area contributed by atoms with Crippen molar-refractivity contribution in [3.05, 3.63) is 64.5 Å². The molecule has 0 radical (unpaired) electrons. The highest BCUT2D eigenvalue weighted by molar-refractivity contribution is 5.41. The molecule has 0 fully saturated rings. The number of hydrogen-bond acceptors (Lipinski definition) is 3. The minimum absolute atomic E-state index is 0.192. The molecule has 0 aliphatic heterocycles. The predicted molar refractivity (Wildman–Crippen MR) is 86.6 cm³/mol. The van der Waals surface area contributed by atoms with Gasteiger partial charge < -0.3 is 10.1 Å². The van der Waals surface area contributed by atoms with Crippen molar-refractivity contribution < 1.29 is 9.13 Å². The third kappa shape index (κ3) is 3.20. The highest BCUT2D eigenvalue weighted by atomic mass is 19.1. The number of rotatable bonds is 4. The maximum absolute atomic E-state index is 14.2. The Morgan fingerprint density at radius 1 is 1.35 bits per heavy atom. The van der Waals surface area contributed by atoms with Gasteiger partial charge in [-0.3, -0.25) is 0 Å². The van der Waals surface area contributed by atoms with Crippen LogP contribution in [0.4, 0.5) is 4.39 Å². The fourth-order valence-corrected chi connectivity index (χ4v) is 3.18. The second-order valence-electron chi connectivity index (χ2n) is 5.78. The summed E-state index contributed by atoms with van der Waals surface area (Å²) in [7, 11) is 1.47. The third-order valence-electron chi connectivity index (χ3n) is 4.39. The Morgan fingerprint density at radius 3 is 3.00 bits per heavy atom. The fourth-order valence-electron chi connectivity index (χ4n) is 3.18. The Bertz CT molecular complexity index is 752. The van der Waals surface area contributed by atoms with Crippen molar-refractivity contribution in [2.24, 2.45) is 0 Å². The lowest BCUT2D eigenvalue weighted by Crippen LogP contribution is -2.25. The van der Waals surface area contributed by atoms with Crippen LogP contribution in [0.2, 0.25) is 0 Å². The van der Waals surface area contributed by atoms with Gasteiger partial charge in [-0.05, 0) is 48.6 Å². The number of benzene rings is 2. The van der Waals surface area contributed by atoms with E-state index in [1.807, 2.05) is 18.2 Å². The number of nitriles is 1. The van der Waals surface area contributed by atoms with E-state index in [2.05, 4.69) is 11.4 Å². The van der Waals surface area contributed by atoms with E-state index < -0.39 is 0 Å². The van der Waals surface area contributed by atoms with Crippen LogP contribution in [0.3, 0.4) is 0 Å². The smallest absolute Gasteiger partial charge is 0.169 e. The van der Waals surface area contributed by atoms with Crippen LogP contribution in [0.5, 0.6) is 5.75 Å². The molecule has 23 heavy (non-hydrogen) atoms.